The molecule has 0 saturated carbocycles. The number of terminal acetylenes is 1. The predicted molar refractivity (Wildman–Crippen MR) is 78.2 cm³/mol. The molecule has 17 heavy (non-hydrogen) atoms. The zero-order valence-corrected chi connectivity index (χ0v) is 12.7. The molecule has 1 aromatic carbocycles. The predicted octanol–water partition coefficient (Wildman–Crippen LogP) is 3.51. The Hall–Kier alpha value is -0.500. The van der Waals surface area contributed by atoms with Crippen molar-refractivity contribution < 1.29 is 4.74 Å². The summed E-state index contributed by atoms with van der Waals surface area (Å²) in [6, 6.07) is 4.07. The summed E-state index contributed by atoms with van der Waals surface area (Å²) in [4.78, 5) is 0. The highest BCUT2D eigenvalue weighted by atomic mass is 79.9. The smallest absolute Gasteiger partial charge is 0.147 e. The molecule has 1 rings (SSSR count). The second-order valence-corrected chi connectivity index (χ2v) is 5.29. The first-order chi connectivity index (χ1) is 8.19. The van der Waals surface area contributed by atoms with Crippen molar-refractivity contribution in [3.05, 3.63) is 26.6 Å². The molecule has 0 fully saturated rings. The van der Waals surface area contributed by atoms with Crippen LogP contribution < -0.4 is 10.5 Å². The summed E-state index contributed by atoms with van der Waals surface area (Å²) in [5, 5.41) is 0. The van der Waals surface area contributed by atoms with Gasteiger partial charge in [-0.3, -0.25) is 0 Å². The SMILES string of the molecule is C#CCCCOc1c(Br)cc(CCN)cc1Br. The molecule has 0 radical (unpaired) electrons. The van der Waals surface area contributed by atoms with Gasteiger partial charge in [-0.05, 0) is 68.9 Å². The summed E-state index contributed by atoms with van der Waals surface area (Å²) < 4.78 is 7.56. The molecule has 0 aromatic heterocycles. The molecule has 0 amide bonds. The maximum absolute atomic E-state index is 5.68. The molecule has 0 bridgehead atoms. The molecule has 0 aliphatic rings. The zero-order valence-electron chi connectivity index (χ0n) is 9.51. The van der Waals surface area contributed by atoms with Crippen molar-refractivity contribution in [1.82, 2.24) is 0 Å². The van der Waals surface area contributed by atoms with E-state index in [2.05, 4.69) is 37.8 Å². The highest BCUT2D eigenvalue weighted by Gasteiger charge is 2.08. The monoisotopic (exact) mass is 359 g/mol. The fourth-order valence-corrected chi connectivity index (χ4v) is 2.92. The summed E-state index contributed by atoms with van der Waals surface area (Å²) in [5.41, 5.74) is 6.71. The number of rotatable bonds is 6. The average molecular weight is 361 g/mol. The number of nitrogens with two attached hydrogens (primary N) is 1. The van der Waals surface area contributed by atoms with Gasteiger partial charge in [-0.25, -0.2) is 0 Å². The Morgan fingerprint density at radius 2 is 1.94 bits per heavy atom. The number of hydrogen-bond donors (Lipinski definition) is 1. The molecule has 0 aliphatic heterocycles. The normalized spacial score (nSPS) is 10.0. The third kappa shape index (κ3) is 4.71. The highest BCUT2D eigenvalue weighted by molar-refractivity contribution is 9.11. The largest absolute Gasteiger partial charge is 0.491 e. The van der Waals surface area contributed by atoms with Gasteiger partial charge in [0, 0.05) is 6.42 Å². The van der Waals surface area contributed by atoms with E-state index in [0.717, 1.165) is 34.0 Å². The Labute approximate surface area is 119 Å². The molecule has 0 atom stereocenters. The summed E-state index contributed by atoms with van der Waals surface area (Å²) >= 11 is 7.00. The molecule has 0 aliphatic carbocycles. The Kier molecular flexibility index (Phi) is 6.64. The molecule has 4 heteroatoms. The van der Waals surface area contributed by atoms with Crippen LogP contribution in [0.5, 0.6) is 5.75 Å². The molecule has 0 spiro atoms. The lowest BCUT2D eigenvalue weighted by molar-refractivity contribution is 0.309. The van der Waals surface area contributed by atoms with Crippen molar-refractivity contribution in [2.24, 2.45) is 5.73 Å². The minimum absolute atomic E-state index is 0.623. The zero-order chi connectivity index (χ0) is 12.7. The topological polar surface area (TPSA) is 35.2 Å². The van der Waals surface area contributed by atoms with Crippen molar-refractivity contribution in [2.75, 3.05) is 13.2 Å². The van der Waals surface area contributed by atoms with Gasteiger partial charge in [-0.2, -0.15) is 0 Å². The van der Waals surface area contributed by atoms with Crippen LogP contribution in [-0.2, 0) is 6.42 Å². The summed E-state index contributed by atoms with van der Waals surface area (Å²) in [6.07, 6.45) is 7.64. The Morgan fingerprint density at radius 1 is 1.29 bits per heavy atom. The van der Waals surface area contributed by atoms with Crippen LogP contribution in [0.4, 0.5) is 0 Å². The van der Waals surface area contributed by atoms with Crippen LogP contribution >= 0.6 is 31.9 Å². The number of ether oxygens (including phenoxy) is 1. The first-order valence-electron chi connectivity index (χ1n) is 5.43. The second-order valence-electron chi connectivity index (χ2n) is 3.58. The van der Waals surface area contributed by atoms with E-state index in [9.17, 15) is 0 Å². The number of hydrogen-bond acceptors (Lipinski definition) is 2. The molecule has 2 N–H and O–H groups in total. The van der Waals surface area contributed by atoms with Crippen LogP contribution in [0.1, 0.15) is 18.4 Å². The highest BCUT2D eigenvalue weighted by Crippen LogP contribution is 2.35. The van der Waals surface area contributed by atoms with E-state index in [1.165, 1.54) is 5.56 Å². The van der Waals surface area contributed by atoms with Crippen molar-refractivity contribution in [2.45, 2.75) is 19.3 Å². The van der Waals surface area contributed by atoms with E-state index < -0.39 is 0 Å². The van der Waals surface area contributed by atoms with Crippen LogP contribution in [0.2, 0.25) is 0 Å². The van der Waals surface area contributed by atoms with Crippen LogP contribution in [0.15, 0.2) is 21.1 Å². The molecule has 0 heterocycles. The van der Waals surface area contributed by atoms with Gasteiger partial charge in [0.25, 0.3) is 0 Å². The molecule has 0 unspecified atom stereocenters. The number of unbranched alkanes of at least 4 members (excludes halogenated alkanes) is 1. The van der Waals surface area contributed by atoms with Gasteiger partial charge in [0.1, 0.15) is 5.75 Å². The summed E-state index contributed by atoms with van der Waals surface area (Å²) in [5.74, 6) is 3.41. The van der Waals surface area contributed by atoms with Crippen LogP contribution in [0.25, 0.3) is 0 Å². The van der Waals surface area contributed by atoms with Gasteiger partial charge in [0.05, 0.1) is 15.6 Å². The Morgan fingerprint density at radius 3 is 2.47 bits per heavy atom. The minimum Gasteiger partial charge on any atom is -0.491 e. The van der Waals surface area contributed by atoms with E-state index in [0.29, 0.717) is 13.2 Å². The molecular formula is C13H15Br2NO. The van der Waals surface area contributed by atoms with E-state index in [4.69, 9.17) is 16.9 Å². The minimum atomic E-state index is 0.623. The van der Waals surface area contributed by atoms with Crippen molar-refractivity contribution >= 4 is 31.9 Å². The fourth-order valence-electron chi connectivity index (χ4n) is 1.41. The Bertz CT molecular complexity index is 389. The average Bonchev–Trinajstić information content (AvgIpc) is 2.27. The Balaban J connectivity index is 2.69. The van der Waals surface area contributed by atoms with E-state index in [-0.39, 0.29) is 0 Å². The first-order valence-corrected chi connectivity index (χ1v) is 7.02. The molecule has 0 saturated heterocycles. The van der Waals surface area contributed by atoms with Gasteiger partial charge in [-0.1, -0.05) is 0 Å². The van der Waals surface area contributed by atoms with Gasteiger partial charge in [0.15, 0.2) is 0 Å². The quantitative estimate of drug-likeness (QED) is 0.622. The maximum atomic E-state index is 5.68. The maximum Gasteiger partial charge on any atom is 0.147 e. The van der Waals surface area contributed by atoms with Crippen molar-refractivity contribution in [3.63, 3.8) is 0 Å². The third-order valence-electron chi connectivity index (χ3n) is 2.20. The third-order valence-corrected chi connectivity index (χ3v) is 3.38. The van der Waals surface area contributed by atoms with Crippen LogP contribution in [-0.4, -0.2) is 13.2 Å². The lowest BCUT2D eigenvalue weighted by atomic mass is 10.1. The summed E-state index contributed by atoms with van der Waals surface area (Å²) in [6.45, 7) is 1.26. The number of halogens is 2. The van der Waals surface area contributed by atoms with Gasteiger partial charge in [0.2, 0.25) is 0 Å². The first kappa shape index (κ1) is 14.6. The summed E-state index contributed by atoms with van der Waals surface area (Å²) in [7, 11) is 0. The van der Waals surface area contributed by atoms with Gasteiger partial charge >= 0.3 is 0 Å². The van der Waals surface area contributed by atoms with E-state index in [1.807, 2.05) is 12.1 Å². The van der Waals surface area contributed by atoms with Crippen molar-refractivity contribution in [3.8, 4) is 18.1 Å². The lowest BCUT2D eigenvalue weighted by Crippen LogP contribution is -2.04. The van der Waals surface area contributed by atoms with Crippen molar-refractivity contribution in [1.29, 1.82) is 0 Å². The van der Waals surface area contributed by atoms with Crippen LogP contribution in [0.3, 0.4) is 0 Å². The number of benzene rings is 1. The van der Waals surface area contributed by atoms with E-state index >= 15 is 0 Å². The van der Waals surface area contributed by atoms with Crippen LogP contribution in [0, 0.1) is 12.3 Å². The standard InChI is InChI=1S/C13H15Br2NO/c1-2-3-4-7-17-13-11(14)8-10(5-6-16)9-12(13)15/h1,8-9H,3-7,16H2. The van der Waals surface area contributed by atoms with Gasteiger partial charge < -0.3 is 10.5 Å². The molecule has 1 aromatic rings. The fraction of sp³-hybridized carbons (Fsp3) is 0.385. The molecular weight excluding hydrogens is 346 g/mol. The lowest BCUT2D eigenvalue weighted by Gasteiger charge is -2.11. The molecule has 92 valence electrons. The van der Waals surface area contributed by atoms with E-state index in [1.54, 1.807) is 0 Å². The van der Waals surface area contributed by atoms with Gasteiger partial charge in [-0.15, -0.1) is 12.3 Å². The molecule has 2 nitrogen and oxygen atoms in total. The second kappa shape index (κ2) is 7.75.